The van der Waals surface area contributed by atoms with E-state index in [9.17, 15) is 0 Å². The molecule has 0 fully saturated rings. The fourth-order valence-electron chi connectivity index (χ4n) is 3.82. The van der Waals surface area contributed by atoms with Crippen molar-refractivity contribution in [2.45, 2.75) is 115 Å². The van der Waals surface area contributed by atoms with Gasteiger partial charge in [-0.15, -0.1) is 0 Å². The lowest BCUT2D eigenvalue weighted by atomic mass is 9.84. The first-order valence-corrected chi connectivity index (χ1v) is 12.1. The van der Waals surface area contributed by atoms with Crippen molar-refractivity contribution in [3.8, 4) is 0 Å². The minimum atomic E-state index is 0.223. The second-order valence-electron chi connectivity index (χ2n) is 8.63. The average molecular weight is 424 g/mol. The molecule has 1 heteroatoms. The zero-order valence-corrected chi connectivity index (χ0v) is 19.3. The zero-order chi connectivity index (χ0) is 19.1. The molecule has 0 aromatic heterocycles. The van der Waals surface area contributed by atoms with E-state index in [0.717, 1.165) is 0 Å². The summed E-state index contributed by atoms with van der Waals surface area (Å²) in [6.07, 6.45) is 19.7. The molecule has 1 rings (SSSR count). The monoisotopic (exact) mass is 422 g/mol. The summed E-state index contributed by atoms with van der Waals surface area (Å²) in [5.41, 5.74) is 1.48. The Labute approximate surface area is 172 Å². The minimum absolute atomic E-state index is 0.223. The van der Waals surface area contributed by atoms with Crippen LogP contribution < -0.4 is 0 Å². The van der Waals surface area contributed by atoms with Crippen molar-refractivity contribution in [1.82, 2.24) is 0 Å². The molecular formula is C25H43Br. The average Bonchev–Trinajstić information content (AvgIpc) is 2.61. The van der Waals surface area contributed by atoms with Crippen LogP contribution in [0.1, 0.15) is 110 Å². The van der Waals surface area contributed by atoms with Crippen LogP contribution in [0.25, 0.3) is 0 Å². The van der Waals surface area contributed by atoms with Crippen molar-refractivity contribution in [2.75, 3.05) is 0 Å². The number of hydrogen-bond donors (Lipinski definition) is 0. The first-order valence-electron chi connectivity index (χ1n) is 11.3. The Kier molecular flexibility index (Phi) is 13.4. The van der Waals surface area contributed by atoms with Crippen molar-refractivity contribution < 1.29 is 0 Å². The van der Waals surface area contributed by atoms with Gasteiger partial charge in [-0.3, -0.25) is 0 Å². The predicted molar refractivity (Wildman–Crippen MR) is 122 cm³/mol. The smallest absolute Gasteiger partial charge is 0.0233 e. The molecule has 0 aliphatic heterocycles. The van der Waals surface area contributed by atoms with E-state index in [-0.39, 0.29) is 4.32 Å². The molecule has 1 aromatic rings. The van der Waals surface area contributed by atoms with Crippen LogP contribution in [0.4, 0.5) is 0 Å². The van der Waals surface area contributed by atoms with Crippen LogP contribution in [0, 0.1) is 5.92 Å². The first-order chi connectivity index (χ1) is 12.5. The highest BCUT2D eigenvalue weighted by Gasteiger charge is 2.26. The Morgan fingerprint density at radius 3 is 1.65 bits per heavy atom. The van der Waals surface area contributed by atoms with E-state index < -0.39 is 0 Å². The van der Waals surface area contributed by atoms with E-state index >= 15 is 0 Å². The first kappa shape index (κ1) is 23.7. The van der Waals surface area contributed by atoms with Crippen LogP contribution >= 0.6 is 15.9 Å². The molecule has 0 amide bonds. The van der Waals surface area contributed by atoms with Crippen LogP contribution in [-0.2, 0) is 6.42 Å². The van der Waals surface area contributed by atoms with Crippen LogP contribution in [0.3, 0.4) is 0 Å². The third-order valence-corrected chi connectivity index (χ3v) is 6.35. The van der Waals surface area contributed by atoms with E-state index in [1.54, 1.807) is 0 Å². The van der Waals surface area contributed by atoms with Gasteiger partial charge in [-0.2, -0.15) is 0 Å². The molecule has 1 unspecified atom stereocenters. The van der Waals surface area contributed by atoms with Crippen LogP contribution in [-0.4, -0.2) is 4.32 Å². The summed E-state index contributed by atoms with van der Waals surface area (Å²) < 4.78 is 0.223. The molecule has 150 valence electrons. The summed E-state index contributed by atoms with van der Waals surface area (Å²) in [5, 5.41) is 0. The van der Waals surface area contributed by atoms with Gasteiger partial charge in [0.25, 0.3) is 0 Å². The Morgan fingerprint density at radius 1 is 0.731 bits per heavy atom. The third-order valence-electron chi connectivity index (χ3n) is 5.70. The topological polar surface area (TPSA) is 0 Å². The minimum Gasteiger partial charge on any atom is -0.0856 e. The molecule has 0 N–H and O–H groups in total. The summed E-state index contributed by atoms with van der Waals surface area (Å²) in [6, 6.07) is 11.0. The Balaban J connectivity index is 2.07. The maximum atomic E-state index is 3.94. The quantitative estimate of drug-likeness (QED) is 0.184. The van der Waals surface area contributed by atoms with Gasteiger partial charge in [-0.1, -0.05) is 130 Å². The number of hydrogen-bond acceptors (Lipinski definition) is 0. The normalized spacial score (nSPS) is 13.1. The van der Waals surface area contributed by atoms with Gasteiger partial charge in [0.1, 0.15) is 0 Å². The van der Waals surface area contributed by atoms with E-state index in [1.807, 2.05) is 0 Å². The standard InChI is InChI=1S/C25H43Br/c1-4-5-6-7-8-9-10-11-12-13-14-18-21-24(25(2,3)26)22-23-19-16-15-17-20-23/h15-17,19-20,24H,4-14,18,21-22H2,1-3H3. The summed E-state index contributed by atoms with van der Waals surface area (Å²) in [6.45, 7) is 6.96. The third kappa shape index (κ3) is 12.2. The van der Waals surface area contributed by atoms with Gasteiger partial charge in [0.15, 0.2) is 0 Å². The summed E-state index contributed by atoms with van der Waals surface area (Å²) in [4.78, 5) is 0. The van der Waals surface area contributed by atoms with Crippen LogP contribution in [0.2, 0.25) is 0 Å². The molecule has 26 heavy (non-hydrogen) atoms. The van der Waals surface area contributed by atoms with Gasteiger partial charge in [-0.05, 0) is 38.2 Å². The fourth-order valence-corrected chi connectivity index (χ4v) is 4.21. The van der Waals surface area contributed by atoms with Gasteiger partial charge in [0.05, 0.1) is 0 Å². The lowest BCUT2D eigenvalue weighted by molar-refractivity contribution is 0.380. The second-order valence-corrected chi connectivity index (χ2v) is 10.7. The van der Waals surface area contributed by atoms with E-state index in [4.69, 9.17) is 0 Å². The molecule has 0 saturated heterocycles. The molecule has 0 bridgehead atoms. The lowest BCUT2D eigenvalue weighted by Crippen LogP contribution is -2.26. The van der Waals surface area contributed by atoms with Crippen molar-refractivity contribution >= 4 is 15.9 Å². The van der Waals surface area contributed by atoms with E-state index in [2.05, 4.69) is 67.0 Å². The molecule has 1 atom stereocenters. The van der Waals surface area contributed by atoms with Gasteiger partial charge in [0.2, 0.25) is 0 Å². The van der Waals surface area contributed by atoms with Crippen LogP contribution in [0.15, 0.2) is 30.3 Å². The number of halogens is 1. The number of benzene rings is 1. The zero-order valence-electron chi connectivity index (χ0n) is 17.7. The van der Waals surface area contributed by atoms with Gasteiger partial charge >= 0.3 is 0 Å². The van der Waals surface area contributed by atoms with Crippen molar-refractivity contribution in [1.29, 1.82) is 0 Å². The molecule has 1 aromatic carbocycles. The Morgan fingerprint density at radius 2 is 1.19 bits per heavy atom. The number of unbranched alkanes of at least 4 members (excludes halogenated alkanes) is 11. The maximum Gasteiger partial charge on any atom is 0.0233 e. The van der Waals surface area contributed by atoms with Crippen molar-refractivity contribution in [3.63, 3.8) is 0 Å². The molecule has 0 aliphatic carbocycles. The lowest BCUT2D eigenvalue weighted by Gasteiger charge is -2.29. The maximum absolute atomic E-state index is 3.94. The van der Waals surface area contributed by atoms with Crippen molar-refractivity contribution in [2.24, 2.45) is 5.92 Å². The van der Waals surface area contributed by atoms with Crippen molar-refractivity contribution in [3.05, 3.63) is 35.9 Å². The van der Waals surface area contributed by atoms with Crippen LogP contribution in [0.5, 0.6) is 0 Å². The molecule has 0 nitrogen and oxygen atoms in total. The summed E-state index contributed by atoms with van der Waals surface area (Å²) in [7, 11) is 0. The summed E-state index contributed by atoms with van der Waals surface area (Å²) in [5.74, 6) is 0.716. The Hall–Kier alpha value is -0.300. The molecule has 0 aliphatic rings. The predicted octanol–water partition coefficient (Wildman–Crippen LogP) is 9.11. The summed E-state index contributed by atoms with van der Waals surface area (Å²) >= 11 is 3.94. The molecule has 0 saturated carbocycles. The highest BCUT2D eigenvalue weighted by Crippen LogP contribution is 2.33. The fraction of sp³-hybridized carbons (Fsp3) is 0.760. The van der Waals surface area contributed by atoms with E-state index in [0.29, 0.717) is 5.92 Å². The largest absolute Gasteiger partial charge is 0.0856 e. The number of rotatable bonds is 16. The molecular weight excluding hydrogens is 380 g/mol. The molecule has 0 spiro atoms. The highest BCUT2D eigenvalue weighted by molar-refractivity contribution is 9.10. The van der Waals surface area contributed by atoms with E-state index in [1.165, 1.54) is 95.5 Å². The highest BCUT2D eigenvalue weighted by atomic mass is 79.9. The van der Waals surface area contributed by atoms with Gasteiger partial charge < -0.3 is 0 Å². The number of alkyl halides is 1. The molecule has 0 heterocycles. The van der Waals surface area contributed by atoms with Gasteiger partial charge in [0, 0.05) is 4.32 Å². The Bertz CT molecular complexity index is 418. The SMILES string of the molecule is CCCCCCCCCCCCCCC(Cc1ccccc1)C(C)(C)Br. The second kappa shape index (κ2) is 14.7. The molecule has 0 radical (unpaired) electrons. The van der Waals surface area contributed by atoms with Gasteiger partial charge in [-0.25, -0.2) is 0 Å².